The minimum Gasteiger partial charge on any atom is -0.395 e. The minimum absolute atomic E-state index is 0.0576. The van der Waals surface area contributed by atoms with Gasteiger partial charge in [-0.25, -0.2) is 0 Å². The Kier molecular flexibility index (Phi) is 8.27. The van der Waals surface area contributed by atoms with E-state index >= 15 is 4.11 Å². The molecule has 0 aromatic heterocycles. The quantitative estimate of drug-likeness (QED) is 0.182. The van der Waals surface area contributed by atoms with Crippen LogP contribution in [0.1, 0.15) is 24.5 Å². The number of rotatable bonds is 9. The fraction of sp³-hybridized carbons (Fsp3) is 0.429. The second-order valence-electron chi connectivity index (χ2n) is 10.4. The van der Waals surface area contributed by atoms with Gasteiger partial charge in [-0.2, -0.15) is 0 Å². The van der Waals surface area contributed by atoms with Crippen LogP contribution in [0.4, 0.5) is 9.80 Å². The molecule has 4 rings (SSSR count). The van der Waals surface area contributed by atoms with Crippen molar-refractivity contribution in [2.75, 3.05) is 24.6 Å². The van der Waals surface area contributed by atoms with Crippen LogP contribution in [0.2, 0.25) is 18.6 Å². The first-order valence-corrected chi connectivity index (χ1v) is 16.6. The smallest absolute Gasteiger partial charge is 0.264 e. The number of hydrogen-bond donors (Lipinski definition) is 1. The second kappa shape index (κ2) is 11.0. The van der Waals surface area contributed by atoms with E-state index in [-0.39, 0.29) is 31.4 Å². The molecule has 37 heavy (non-hydrogen) atoms. The Morgan fingerprint density at radius 1 is 1.30 bits per heavy atom. The fourth-order valence-corrected chi connectivity index (χ4v) is 9.03. The first-order chi connectivity index (χ1) is 17.5. The highest BCUT2D eigenvalue weighted by Gasteiger charge is 2.66. The van der Waals surface area contributed by atoms with Crippen molar-refractivity contribution in [2.45, 2.75) is 50.2 Å². The van der Waals surface area contributed by atoms with E-state index in [1.807, 2.05) is 55.5 Å². The minimum atomic E-state index is -3.38. The molecular formula is C28H34FIN2O4Si. The first kappa shape index (κ1) is 27.9. The number of hydrogen-bond acceptors (Lipinski definition) is 4. The molecular weight excluding hydrogens is 602 g/mol. The van der Waals surface area contributed by atoms with Crippen molar-refractivity contribution in [3.8, 4) is 0 Å². The highest BCUT2D eigenvalue weighted by Crippen LogP contribution is 2.60. The predicted octanol–water partition coefficient (Wildman–Crippen LogP) is 5.01. The third-order valence-corrected chi connectivity index (χ3v) is 10.7. The molecule has 2 amide bonds. The van der Waals surface area contributed by atoms with Gasteiger partial charge in [-0.1, -0.05) is 43.3 Å². The number of aliphatic hydroxyl groups excluding tert-OH is 1. The second-order valence-corrected chi connectivity index (χ2v) is 15.4. The molecule has 4 atom stereocenters. The summed E-state index contributed by atoms with van der Waals surface area (Å²) in [5, 5.41) is 9.63. The lowest BCUT2D eigenvalue weighted by Gasteiger charge is -2.31. The molecule has 2 heterocycles. The average Bonchev–Trinajstić information content (AvgIpc) is 3.26. The molecule has 1 N–H and O–H groups in total. The van der Waals surface area contributed by atoms with E-state index in [0.29, 0.717) is 13.1 Å². The van der Waals surface area contributed by atoms with Crippen LogP contribution in [0.3, 0.4) is 0 Å². The van der Waals surface area contributed by atoms with Crippen LogP contribution in [0.15, 0.2) is 61.2 Å². The monoisotopic (exact) mass is 636 g/mol. The van der Waals surface area contributed by atoms with E-state index in [9.17, 15) is 14.7 Å². The molecule has 0 aliphatic carbocycles. The highest BCUT2D eigenvalue weighted by molar-refractivity contribution is 14.1. The molecule has 1 fully saturated rings. The van der Waals surface area contributed by atoms with Gasteiger partial charge in [0, 0.05) is 40.2 Å². The molecule has 0 saturated carbocycles. The zero-order chi connectivity index (χ0) is 27.0. The van der Waals surface area contributed by atoms with Gasteiger partial charge >= 0.3 is 0 Å². The van der Waals surface area contributed by atoms with Gasteiger partial charge in [0.05, 0.1) is 24.8 Å². The third-order valence-electron chi connectivity index (χ3n) is 7.55. The zero-order valence-electron chi connectivity index (χ0n) is 21.5. The van der Waals surface area contributed by atoms with Gasteiger partial charge in [-0.15, -0.1) is 6.58 Å². The van der Waals surface area contributed by atoms with E-state index in [1.54, 1.807) is 29.0 Å². The number of amides is 2. The Balaban J connectivity index is 1.70. The number of aliphatic hydroxyl groups is 1. The van der Waals surface area contributed by atoms with Gasteiger partial charge in [0.1, 0.15) is 0 Å². The van der Waals surface area contributed by atoms with E-state index in [0.717, 1.165) is 20.4 Å². The number of ether oxygens (including phenoxy) is 1. The van der Waals surface area contributed by atoms with Gasteiger partial charge in [0.25, 0.3) is 5.91 Å². The van der Waals surface area contributed by atoms with E-state index in [4.69, 9.17) is 4.74 Å². The van der Waals surface area contributed by atoms with Crippen molar-refractivity contribution in [1.29, 1.82) is 0 Å². The van der Waals surface area contributed by atoms with Crippen molar-refractivity contribution in [2.24, 2.45) is 5.92 Å². The summed E-state index contributed by atoms with van der Waals surface area (Å²) >= 11 is 2.21. The van der Waals surface area contributed by atoms with E-state index in [2.05, 4.69) is 29.2 Å². The van der Waals surface area contributed by atoms with Gasteiger partial charge in [0.15, 0.2) is 5.60 Å². The number of carbonyl (C=O) groups is 2. The van der Waals surface area contributed by atoms with Crippen molar-refractivity contribution >= 4 is 48.5 Å². The third kappa shape index (κ3) is 5.15. The molecule has 1 spiro atoms. The summed E-state index contributed by atoms with van der Waals surface area (Å²) in [6.07, 6.45) is 0.850. The molecule has 6 nitrogen and oxygen atoms in total. The summed E-state index contributed by atoms with van der Waals surface area (Å²) in [5.74, 6) is -0.921. The summed E-state index contributed by atoms with van der Waals surface area (Å²) in [4.78, 5) is 30.8. The highest BCUT2D eigenvalue weighted by atomic mass is 127. The number of nitrogens with zero attached hydrogens (tertiary/aromatic N) is 2. The summed E-state index contributed by atoms with van der Waals surface area (Å²) < 4.78 is 23.5. The van der Waals surface area contributed by atoms with Crippen LogP contribution >= 0.6 is 22.6 Å². The SMILES string of the molecule is C=CCN1C(=O)[C@@]2(O[C@@H](CC(=O)N(CCO)Cc3ccccc3)[C@H]([Si](C)(C)F)[C@H]2C)c2cc(I)ccc21. The van der Waals surface area contributed by atoms with Crippen LogP contribution < -0.4 is 4.90 Å². The maximum atomic E-state index is 16.0. The number of halogens is 2. The summed E-state index contributed by atoms with van der Waals surface area (Å²) in [7, 11) is -3.38. The average molecular weight is 637 g/mol. The summed E-state index contributed by atoms with van der Waals surface area (Å²) in [6.45, 7) is 9.57. The lowest BCUT2D eigenvalue weighted by atomic mass is 9.82. The topological polar surface area (TPSA) is 70.1 Å². The molecule has 198 valence electrons. The van der Waals surface area contributed by atoms with E-state index < -0.39 is 31.6 Å². The lowest BCUT2D eigenvalue weighted by molar-refractivity contribution is -0.149. The molecule has 2 aromatic rings. The molecule has 0 bridgehead atoms. The molecule has 2 aliphatic rings. The lowest BCUT2D eigenvalue weighted by Crippen LogP contribution is -2.45. The van der Waals surface area contributed by atoms with Gasteiger partial charge < -0.3 is 23.8 Å². The first-order valence-electron chi connectivity index (χ1n) is 12.6. The summed E-state index contributed by atoms with van der Waals surface area (Å²) in [6, 6.07) is 15.3. The fourth-order valence-electron chi connectivity index (χ4n) is 6.05. The van der Waals surface area contributed by atoms with Gasteiger partial charge in [0.2, 0.25) is 14.3 Å². The molecule has 0 unspecified atom stereocenters. The van der Waals surface area contributed by atoms with Crippen molar-refractivity contribution in [3.63, 3.8) is 0 Å². The Labute approximate surface area is 232 Å². The Morgan fingerprint density at radius 3 is 2.62 bits per heavy atom. The van der Waals surface area contributed by atoms with Gasteiger partial charge in [-0.3, -0.25) is 9.59 Å². The molecule has 2 aliphatic heterocycles. The van der Waals surface area contributed by atoms with E-state index in [1.165, 1.54) is 0 Å². The van der Waals surface area contributed by atoms with Crippen LogP contribution in [-0.2, 0) is 26.5 Å². The summed E-state index contributed by atoms with van der Waals surface area (Å²) in [5.41, 5.74) is 0.489. The number of carbonyl (C=O) groups excluding carboxylic acids is 2. The molecule has 2 aromatic carbocycles. The number of fused-ring (bicyclic) bond motifs is 2. The van der Waals surface area contributed by atoms with Crippen molar-refractivity contribution < 1.29 is 23.5 Å². The van der Waals surface area contributed by atoms with Crippen molar-refractivity contribution in [1.82, 2.24) is 4.90 Å². The Hall–Kier alpha value is -2.08. The number of benzene rings is 2. The van der Waals surface area contributed by atoms with Crippen LogP contribution in [0, 0.1) is 9.49 Å². The Morgan fingerprint density at radius 2 is 2.00 bits per heavy atom. The molecule has 1 saturated heterocycles. The van der Waals surface area contributed by atoms with Gasteiger partial charge in [-0.05, 0) is 59.4 Å². The van der Waals surface area contributed by atoms with Crippen LogP contribution in [-0.4, -0.2) is 56.0 Å². The molecule has 9 heteroatoms. The standard InChI is InChI=1S/C28H34FIN2O4Si/c1-5-13-32-23-12-11-21(30)16-22(23)28(27(32)35)19(2)26(37(3,4)29)24(36-28)17-25(34)31(14-15-33)18-20-9-7-6-8-10-20/h5-12,16,19,24,26,33H,1,13-15,17-18H2,2-4H3/t19-,24+,26-,28+/m1/s1. The zero-order valence-corrected chi connectivity index (χ0v) is 24.7. The molecule has 0 radical (unpaired) electrons. The van der Waals surface area contributed by atoms with Crippen LogP contribution in [0.5, 0.6) is 0 Å². The predicted molar refractivity (Wildman–Crippen MR) is 153 cm³/mol. The maximum absolute atomic E-state index is 16.0. The number of anilines is 1. The maximum Gasteiger partial charge on any atom is 0.264 e. The van der Waals surface area contributed by atoms with Crippen molar-refractivity contribution in [3.05, 3.63) is 75.9 Å². The largest absolute Gasteiger partial charge is 0.395 e. The normalized spacial score (nSPS) is 25.0. The Bertz CT molecular complexity index is 1170. The van der Waals surface area contributed by atoms with Crippen LogP contribution in [0.25, 0.3) is 0 Å².